The molecule has 3 rings (SSSR count). The molecule has 0 radical (unpaired) electrons. The standard InChI is InChI=1S/C13H16BrN3/c1-2-16-5-3-10(9-16)13-15-8-12-7-11(14)4-6-17(12)13/h4,6-8,10H,2-3,5,9H2,1H3. The van der Waals surface area contributed by atoms with Crippen LogP contribution in [0.4, 0.5) is 0 Å². The Labute approximate surface area is 110 Å². The molecule has 3 nitrogen and oxygen atoms in total. The van der Waals surface area contributed by atoms with Gasteiger partial charge in [0, 0.05) is 23.1 Å². The Kier molecular flexibility index (Phi) is 2.92. The first-order valence-electron chi connectivity index (χ1n) is 6.13. The molecule has 1 saturated heterocycles. The molecule has 0 N–H and O–H groups in total. The van der Waals surface area contributed by atoms with E-state index in [2.05, 4.69) is 55.5 Å². The second kappa shape index (κ2) is 4.42. The van der Waals surface area contributed by atoms with Crippen LogP contribution in [0.1, 0.15) is 25.1 Å². The number of pyridine rings is 1. The third kappa shape index (κ3) is 2.00. The molecule has 0 amide bonds. The minimum Gasteiger partial charge on any atom is -0.303 e. The summed E-state index contributed by atoms with van der Waals surface area (Å²) >= 11 is 3.50. The summed E-state index contributed by atoms with van der Waals surface area (Å²) in [5.41, 5.74) is 1.17. The van der Waals surface area contributed by atoms with Crippen LogP contribution >= 0.6 is 15.9 Å². The van der Waals surface area contributed by atoms with Crippen molar-refractivity contribution in [2.45, 2.75) is 19.3 Å². The number of nitrogens with zero attached hydrogens (tertiary/aromatic N) is 3. The maximum Gasteiger partial charge on any atom is 0.117 e. The summed E-state index contributed by atoms with van der Waals surface area (Å²) in [6.45, 7) is 5.72. The van der Waals surface area contributed by atoms with Gasteiger partial charge in [-0.25, -0.2) is 4.98 Å². The molecule has 2 aromatic heterocycles. The third-order valence-electron chi connectivity index (χ3n) is 3.61. The molecule has 4 heteroatoms. The highest BCUT2D eigenvalue weighted by atomic mass is 79.9. The van der Waals surface area contributed by atoms with Gasteiger partial charge in [-0.3, -0.25) is 0 Å². The molecule has 1 aliphatic heterocycles. The van der Waals surface area contributed by atoms with Gasteiger partial charge in [0.2, 0.25) is 0 Å². The molecule has 0 saturated carbocycles. The number of rotatable bonds is 2. The van der Waals surface area contributed by atoms with Crippen LogP contribution in [0.15, 0.2) is 29.0 Å². The molecule has 1 unspecified atom stereocenters. The Morgan fingerprint density at radius 1 is 1.53 bits per heavy atom. The lowest BCUT2D eigenvalue weighted by atomic mass is 10.1. The lowest BCUT2D eigenvalue weighted by molar-refractivity contribution is 0.352. The van der Waals surface area contributed by atoms with E-state index in [-0.39, 0.29) is 0 Å². The van der Waals surface area contributed by atoms with E-state index in [9.17, 15) is 0 Å². The zero-order valence-electron chi connectivity index (χ0n) is 9.93. The second-order valence-corrected chi connectivity index (χ2v) is 5.55. The van der Waals surface area contributed by atoms with E-state index in [0.29, 0.717) is 5.92 Å². The van der Waals surface area contributed by atoms with Crippen molar-refractivity contribution in [3.63, 3.8) is 0 Å². The minimum absolute atomic E-state index is 0.582. The zero-order valence-corrected chi connectivity index (χ0v) is 11.5. The van der Waals surface area contributed by atoms with Crippen molar-refractivity contribution in [1.82, 2.24) is 14.3 Å². The fraction of sp³-hybridized carbons (Fsp3) is 0.462. The van der Waals surface area contributed by atoms with Crippen molar-refractivity contribution < 1.29 is 0 Å². The summed E-state index contributed by atoms with van der Waals surface area (Å²) in [5.74, 6) is 1.79. The monoisotopic (exact) mass is 293 g/mol. The summed E-state index contributed by atoms with van der Waals surface area (Å²) in [6.07, 6.45) is 5.30. The molecule has 0 aliphatic carbocycles. The van der Waals surface area contributed by atoms with Gasteiger partial charge in [-0.05, 0) is 31.6 Å². The van der Waals surface area contributed by atoms with Crippen LogP contribution in [-0.2, 0) is 0 Å². The van der Waals surface area contributed by atoms with E-state index in [1.165, 1.54) is 24.3 Å². The van der Waals surface area contributed by atoms with Gasteiger partial charge in [0.1, 0.15) is 5.82 Å². The van der Waals surface area contributed by atoms with Crippen LogP contribution in [0.3, 0.4) is 0 Å². The SMILES string of the molecule is CCN1CCC(c2ncc3cc(Br)ccn23)C1. The van der Waals surface area contributed by atoms with Crippen molar-refractivity contribution >= 4 is 21.4 Å². The summed E-state index contributed by atoms with van der Waals surface area (Å²) in [4.78, 5) is 7.09. The number of fused-ring (bicyclic) bond motifs is 1. The predicted molar refractivity (Wildman–Crippen MR) is 72.4 cm³/mol. The Bertz CT molecular complexity index is 534. The molecule has 3 heterocycles. The molecule has 1 fully saturated rings. The maximum absolute atomic E-state index is 4.60. The first kappa shape index (κ1) is 11.2. The van der Waals surface area contributed by atoms with Gasteiger partial charge in [0.25, 0.3) is 0 Å². The second-order valence-electron chi connectivity index (χ2n) is 4.64. The van der Waals surface area contributed by atoms with E-state index in [4.69, 9.17) is 0 Å². The third-order valence-corrected chi connectivity index (χ3v) is 4.10. The molecular formula is C13H16BrN3. The van der Waals surface area contributed by atoms with Gasteiger partial charge in [0.15, 0.2) is 0 Å². The van der Waals surface area contributed by atoms with Gasteiger partial charge in [-0.15, -0.1) is 0 Å². The van der Waals surface area contributed by atoms with Crippen molar-refractivity contribution in [3.8, 4) is 0 Å². The molecular weight excluding hydrogens is 278 g/mol. The van der Waals surface area contributed by atoms with Gasteiger partial charge in [-0.1, -0.05) is 22.9 Å². The summed E-state index contributed by atoms with van der Waals surface area (Å²) < 4.78 is 3.33. The fourth-order valence-corrected chi connectivity index (χ4v) is 2.98. The first-order chi connectivity index (χ1) is 8.28. The van der Waals surface area contributed by atoms with Crippen LogP contribution in [0.5, 0.6) is 0 Å². The molecule has 0 spiro atoms. The lowest BCUT2D eigenvalue weighted by Crippen LogP contribution is -2.19. The normalized spacial score (nSPS) is 21.4. The molecule has 17 heavy (non-hydrogen) atoms. The van der Waals surface area contributed by atoms with E-state index in [1.807, 2.05) is 6.20 Å². The van der Waals surface area contributed by atoms with Crippen molar-refractivity contribution in [2.24, 2.45) is 0 Å². The summed E-state index contributed by atoms with van der Waals surface area (Å²) in [7, 11) is 0. The number of likely N-dealkylation sites (N-methyl/N-ethyl adjacent to an activating group) is 1. The lowest BCUT2D eigenvalue weighted by Gasteiger charge is -2.12. The molecule has 0 aromatic carbocycles. The van der Waals surface area contributed by atoms with Crippen LogP contribution in [0.25, 0.3) is 5.52 Å². The number of imidazole rings is 1. The van der Waals surface area contributed by atoms with Gasteiger partial charge >= 0.3 is 0 Å². The molecule has 0 bridgehead atoms. The van der Waals surface area contributed by atoms with Crippen molar-refractivity contribution in [1.29, 1.82) is 0 Å². The van der Waals surface area contributed by atoms with Gasteiger partial charge in [-0.2, -0.15) is 0 Å². The number of likely N-dealkylation sites (tertiary alicyclic amines) is 1. The summed E-state index contributed by atoms with van der Waals surface area (Å²) in [5, 5.41) is 0. The van der Waals surface area contributed by atoms with Crippen LogP contribution in [0, 0.1) is 0 Å². The van der Waals surface area contributed by atoms with Crippen LogP contribution in [0.2, 0.25) is 0 Å². The van der Waals surface area contributed by atoms with E-state index in [0.717, 1.165) is 17.6 Å². The summed E-state index contributed by atoms with van der Waals surface area (Å²) in [6, 6.07) is 4.19. The number of hydrogen-bond acceptors (Lipinski definition) is 2. The van der Waals surface area contributed by atoms with Crippen LogP contribution in [-0.4, -0.2) is 33.9 Å². The number of hydrogen-bond donors (Lipinski definition) is 0. The Balaban J connectivity index is 1.96. The Morgan fingerprint density at radius 3 is 3.18 bits per heavy atom. The molecule has 2 aromatic rings. The maximum atomic E-state index is 4.60. The molecule has 90 valence electrons. The highest BCUT2D eigenvalue weighted by Crippen LogP contribution is 2.27. The molecule has 1 atom stereocenters. The van der Waals surface area contributed by atoms with Crippen LogP contribution < -0.4 is 0 Å². The fourth-order valence-electron chi connectivity index (χ4n) is 2.63. The predicted octanol–water partition coefficient (Wildman–Crippen LogP) is 2.91. The number of halogens is 1. The van der Waals surface area contributed by atoms with E-state index in [1.54, 1.807) is 0 Å². The Hall–Kier alpha value is -0.870. The largest absolute Gasteiger partial charge is 0.303 e. The number of aromatic nitrogens is 2. The highest BCUT2D eigenvalue weighted by molar-refractivity contribution is 9.10. The smallest absolute Gasteiger partial charge is 0.117 e. The van der Waals surface area contributed by atoms with Gasteiger partial charge < -0.3 is 9.30 Å². The minimum atomic E-state index is 0.582. The topological polar surface area (TPSA) is 20.5 Å². The van der Waals surface area contributed by atoms with Crippen molar-refractivity contribution in [2.75, 3.05) is 19.6 Å². The Morgan fingerprint density at radius 2 is 2.41 bits per heavy atom. The average molecular weight is 294 g/mol. The first-order valence-corrected chi connectivity index (χ1v) is 6.92. The van der Waals surface area contributed by atoms with E-state index < -0.39 is 0 Å². The zero-order chi connectivity index (χ0) is 11.8. The van der Waals surface area contributed by atoms with E-state index >= 15 is 0 Å². The van der Waals surface area contributed by atoms with Crippen molar-refractivity contribution in [3.05, 3.63) is 34.8 Å². The quantitative estimate of drug-likeness (QED) is 0.849. The molecule has 1 aliphatic rings. The van der Waals surface area contributed by atoms with Gasteiger partial charge in [0.05, 0.1) is 11.7 Å². The highest BCUT2D eigenvalue weighted by Gasteiger charge is 2.25. The average Bonchev–Trinajstić information content (AvgIpc) is 2.93.